The molecule has 0 radical (unpaired) electrons. The largest absolute Gasteiger partial charge is 0.496 e. The van der Waals surface area contributed by atoms with E-state index >= 15 is 0 Å². The molecule has 1 saturated carbocycles. The highest BCUT2D eigenvalue weighted by Gasteiger charge is 2.25. The van der Waals surface area contributed by atoms with Crippen LogP contribution in [-0.2, 0) is 0 Å². The first kappa shape index (κ1) is 12.0. The highest BCUT2D eigenvalue weighted by molar-refractivity contribution is 9.09. The zero-order valence-corrected chi connectivity index (χ0v) is 12.1. The van der Waals surface area contributed by atoms with E-state index in [1.807, 2.05) is 0 Å². The molecule has 0 heterocycles. The lowest BCUT2D eigenvalue weighted by Gasteiger charge is -2.15. The van der Waals surface area contributed by atoms with Crippen LogP contribution in [0.3, 0.4) is 0 Å². The van der Waals surface area contributed by atoms with Crippen LogP contribution in [0.15, 0.2) is 36.4 Å². The molecule has 18 heavy (non-hydrogen) atoms. The first-order chi connectivity index (χ1) is 8.79. The lowest BCUT2D eigenvalue weighted by atomic mass is 9.99. The molecule has 0 spiro atoms. The second-order valence-electron chi connectivity index (χ2n) is 5.05. The predicted molar refractivity (Wildman–Crippen MR) is 79.5 cm³/mol. The first-order valence-electron chi connectivity index (χ1n) is 6.49. The predicted octanol–water partition coefficient (Wildman–Crippen LogP) is 5.08. The van der Waals surface area contributed by atoms with E-state index in [-0.39, 0.29) is 0 Å². The van der Waals surface area contributed by atoms with Crippen molar-refractivity contribution in [1.82, 2.24) is 0 Å². The molecule has 1 atom stereocenters. The van der Waals surface area contributed by atoms with Gasteiger partial charge in [0.05, 0.1) is 7.11 Å². The van der Waals surface area contributed by atoms with E-state index in [9.17, 15) is 0 Å². The zero-order chi connectivity index (χ0) is 12.5. The van der Waals surface area contributed by atoms with E-state index in [0.29, 0.717) is 4.83 Å². The van der Waals surface area contributed by atoms with Gasteiger partial charge in [0.1, 0.15) is 5.75 Å². The first-order valence-corrected chi connectivity index (χ1v) is 7.41. The molecule has 0 aromatic heterocycles. The fraction of sp³-hybridized carbons (Fsp3) is 0.375. The molecule has 1 unspecified atom stereocenters. The Morgan fingerprint density at radius 2 is 1.89 bits per heavy atom. The third-order valence-corrected chi connectivity index (χ3v) is 4.58. The number of hydrogen-bond donors (Lipinski definition) is 0. The number of benzene rings is 2. The van der Waals surface area contributed by atoms with Crippen molar-refractivity contribution in [3.8, 4) is 5.75 Å². The number of methoxy groups -OCH3 is 1. The maximum atomic E-state index is 5.44. The van der Waals surface area contributed by atoms with Crippen molar-refractivity contribution in [3.63, 3.8) is 0 Å². The lowest BCUT2D eigenvalue weighted by Crippen LogP contribution is -1.95. The normalized spacial score (nSPS) is 16.8. The Hall–Kier alpha value is -1.02. The molecular weight excluding hydrogens is 288 g/mol. The average molecular weight is 305 g/mol. The Morgan fingerprint density at radius 3 is 2.56 bits per heavy atom. The molecule has 2 heteroatoms. The van der Waals surface area contributed by atoms with E-state index < -0.39 is 0 Å². The molecule has 94 valence electrons. The second-order valence-corrected chi connectivity index (χ2v) is 6.15. The average Bonchev–Trinajstić information content (AvgIpc) is 3.21. The van der Waals surface area contributed by atoms with Crippen LogP contribution in [-0.4, -0.2) is 7.11 Å². The van der Waals surface area contributed by atoms with Gasteiger partial charge in [0.15, 0.2) is 0 Å². The standard InChI is InChI=1S/C16H17BrO/c1-18-16-9-8-13(15(17)10-11-6-7-11)12-4-2-3-5-14(12)16/h2-5,8-9,11,15H,6-7,10H2,1H3. The molecule has 0 amide bonds. The van der Waals surface area contributed by atoms with Gasteiger partial charge in [-0.1, -0.05) is 59.1 Å². The molecule has 2 aromatic rings. The minimum atomic E-state index is 0.459. The molecule has 0 aliphatic heterocycles. The fourth-order valence-electron chi connectivity index (χ4n) is 2.52. The van der Waals surface area contributed by atoms with Gasteiger partial charge in [0.2, 0.25) is 0 Å². The van der Waals surface area contributed by atoms with Crippen molar-refractivity contribution in [3.05, 3.63) is 42.0 Å². The van der Waals surface area contributed by atoms with E-state index in [4.69, 9.17) is 4.74 Å². The molecule has 2 aromatic carbocycles. The molecule has 0 bridgehead atoms. The minimum Gasteiger partial charge on any atom is -0.496 e. The van der Waals surface area contributed by atoms with Gasteiger partial charge >= 0.3 is 0 Å². The van der Waals surface area contributed by atoms with E-state index in [1.54, 1.807) is 7.11 Å². The van der Waals surface area contributed by atoms with Crippen LogP contribution in [0.1, 0.15) is 29.7 Å². The summed E-state index contributed by atoms with van der Waals surface area (Å²) in [5, 5.41) is 2.51. The van der Waals surface area contributed by atoms with Crippen molar-refractivity contribution in [2.45, 2.75) is 24.1 Å². The zero-order valence-electron chi connectivity index (χ0n) is 10.5. The third kappa shape index (κ3) is 2.26. The van der Waals surface area contributed by atoms with Gasteiger partial charge in [-0.2, -0.15) is 0 Å². The molecule has 1 fully saturated rings. The number of fused-ring (bicyclic) bond motifs is 1. The second kappa shape index (κ2) is 4.93. The SMILES string of the molecule is COc1ccc(C(Br)CC2CC2)c2ccccc12. The van der Waals surface area contributed by atoms with Crippen LogP contribution in [0.5, 0.6) is 5.75 Å². The number of alkyl halides is 1. The fourth-order valence-corrected chi connectivity index (χ4v) is 3.45. The van der Waals surface area contributed by atoms with Crippen LogP contribution in [0.2, 0.25) is 0 Å². The summed E-state index contributed by atoms with van der Waals surface area (Å²) >= 11 is 3.85. The molecular formula is C16H17BrO. The Labute approximate surface area is 116 Å². The molecule has 3 rings (SSSR count). The monoisotopic (exact) mass is 304 g/mol. The Morgan fingerprint density at radius 1 is 1.17 bits per heavy atom. The summed E-state index contributed by atoms with van der Waals surface area (Å²) in [6.07, 6.45) is 4.04. The van der Waals surface area contributed by atoms with Gasteiger partial charge in [-0.15, -0.1) is 0 Å². The quantitative estimate of drug-likeness (QED) is 0.715. The summed E-state index contributed by atoms with van der Waals surface area (Å²) < 4.78 is 5.44. The maximum Gasteiger partial charge on any atom is 0.126 e. The number of rotatable bonds is 4. The van der Waals surface area contributed by atoms with Crippen molar-refractivity contribution >= 4 is 26.7 Å². The van der Waals surface area contributed by atoms with Gasteiger partial charge in [0.25, 0.3) is 0 Å². The van der Waals surface area contributed by atoms with Crippen LogP contribution >= 0.6 is 15.9 Å². The van der Waals surface area contributed by atoms with E-state index in [2.05, 4.69) is 52.3 Å². The van der Waals surface area contributed by atoms with Crippen LogP contribution in [0, 0.1) is 5.92 Å². The molecule has 1 nitrogen and oxygen atoms in total. The summed E-state index contributed by atoms with van der Waals surface area (Å²) in [6.45, 7) is 0. The highest BCUT2D eigenvalue weighted by atomic mass is 79.9. The van der Waals surface area contributed by atoms with Crippen LogP contribution < -0.4 is 4.74 Å². The molecule has 0 N–H and O–H groups in total. The lowest BCUT2D eigenvalue weighted by molar-refractivity contribution is 0.419. The summed E-state index contributed by atoms with van der Waals surface area (Å²) in [7, 11) is 1.73. The molecule has 1 aliphatic carbocycles. The Bertz CT molecular complexity index is 560. The van der Waals surface area contributed by atoms with Crippen LogP contribution in [0.4, 0.5) is 0 Å². The Kier molecular flexibility index (Phi) is 3.29. The Balaban J connectivity index is 2.05. The number of hydrogen-bond acceptors (Lipinski definition) is 1. The summed E-state index contributed by atoms with van der Waals surface area (Å²) in [5.41, 5.74) is 1.39. The van der Waals surface area contributed by atoms with Gasteiger partial charge in [-0.05, 0) is 29.4 Å². The van der Waals surface area contributed by atoms with E-state index in [0.717, 1.165) is 11.7 Å². The van der Waals surface area contributed by atoms with Crippen molar-refractivity contribution in [1.29, 1.82) is 0 Å². The highest BCUT2D eigenvalue weighted by Crippen LogP contribution is 2.43. The summed E-state index contributed by atoms with van der Waals surface area (Å²) in [6, 6.07) is 12.8. The van der Waals surface area contributed by atoms with Gasteiger partial charge in [-0.3, -0.25) is 0 Å². The van der Waals surface area contributed by atoms with Gasteiger partial charge in [-0.25, -0.2) is 0 Å². The van der Waals surface area contributed by atoms with Crippen molar-refractivity contribution in [2.24, 2.45) is 5.92 Å². The minimum absolute atomic E-state index is 0.459. The van der Waals surface area contributed by atoms with Crippen LogP contribution in [0.25, 0.3) is 10.8 Å². The topological polar surface area (TPSA) is 9.23 Å². The van der Waals surface area contributed by atoms with Crippen molar-refractivity contribution < 1.29 is 4.74 Å². The third-order valence-electron chi connectivity index (χ3n) is 3.71. The smallest absolute Gasteiger partial charge is 0.126 e. The maximum absolute atomic E-state index is 5.44. The summed E-state index contributed by atoms with van der Waals surface area (Å²) in [4.78, 5) is 0.459. The molecule has 0 saturated heterocycles. The van der Waals surface area contributed by atoms with E-state index in [1.165, 1.54) is 35.6 Å². The molecule has 1 aliphatic rings. The van der Waals surface area contributed by atoms with Crippen molar-refractivity contribution in [2.75, 3.05) is 7.11 Å². The van der Waals surface area contributed by atoms with Gasteiger partial charge < -0.3 is 4.74 Å². The number of halogens is 1. The number of ether oxygens (including phenoxy) is 1. The van der Waals surface area contributed by atoms with Gasteiger partial charge in [0, 0.05) is 10.2 Å². The summed E-state index contributed by atoms with van der Waals surface area (Å²) in [5.74, 6) is 1.88.